The lowest BCUT2D eigenvalue weighted by Crippen LogP contribution is -2.27. The summed E-state index contributed by atoms with van der Waals surface area (Å²) in [7, 11) is 0. The summed E-state index contributed by atoms with van der Waals surface area (Å²) >= 11 is 0. The molecule has 2 aromatic rings. The van der Waals surface area contributed by atoms with Crippen molar-refractivity contribution < 1.29 is 0 Å². The van der Waals surface area contributed by atoms with Gasteiger partial charge in [-0.1, -0.05) is 74.5 Å². The largest absolute Gasteiger partial charge is 0.0758 e. The molecule has 0 fully saturated rings. The number of fused-ring (bicyclic) bond motifs is 2. The van der Waals surface area contributed by atoms with E-state index in [0.717, 1.165) is 0 Å². The van der Waals surface area contributed by atoms with Gasteiger partial charge in [0.25, 0.3) is 0 Å². The van der Waals surface area contributed by atoms with Crippen molar-refractivity contribution in [3.05, 3.63) is 81.9 Å². The first-order chi connectivity index (χ1) is 11.0. The van der Waals surface area contributed by atoms with Gasteiger partial charge < -0.3 is 0 Å². The van der Waals surface area contributed by atoms with Crippen LogP contribution in [0.1, 0.15) is 59.1 Å². The van der Waals surface area contributed by atoms with Gasteiger partial charge in [0.2, 0.25) is 0 Å². The van der Waals surface area contributed by atoms with Crippen molar-refractivity contribution in [3.63, 3.8) is 0 Å². The van der Waals surface area contributed by atoms with Crippen molar-refractivity contribution in [2.45, 2.75) is 39.5 Å². The molecule has 0 spiro atoms. The number of allylic oxidation sites excluding steroid dienone is 2. The fourth-order valence-electron chi connectivity index (χ4n) is 4.57. The summed E-state index contributed by atoms with van der Waals surface area (Å²) in [5.41, 5.74) is 8.82. The van der Waals surface area contributed by atoms with E-state index in [9.17, 15) is 0 Å². The zero-order valence-corrected chi connectivity index (χ0v) is 14.4. The molecule has 23 heavy (non-hydrogen) atoms. The molecule has 0 aromatic heterocycles. The van der Waals surface area contributed by atoms with Crippen molar-refractivity contribution in [1.82, 2.24) is 0 Å². The highest BCUT2D eigenvalue weighted by molar-refractivity contribution is 5.68. The lowest BCUT2D eigenvalue weighted by molar-refractivity contribution is 0.291. The Bertz CT molecular complexity index is 764. The second-order valence-electron chi connectivity index (χ2n) is 7.65. The van der Waals surface area contributed by atoms with Gasteiger partial charge in [-0.25, -0.2) is 0 Å². The van der Waals surface area contributed by atoms with Gasteiger partial charge in [0.05, 0.1) is 0 Å². The molecule has 0 saturated carbocycles. The predicted molar refractivity (Wildman–Crippen MR) is 99.7 cm³/mol. The predicted octanol–water partition coefficient (Wildman–Crippen LogP) is 6.25. The first-order valence-corrected chi connectivity index (χ1v) is 8.55. The summed E-state index contributed by atoms with van der Waals surface area (Å²) in [6.45, 7) is 9.36. The third kappa shape index (κ3) is 2.05. The van der Waals surface area contributed by atoms with E-state index in [-0.39, 0.29) is 5.41 Å². The highest BCUT2D eigenvalue weighted by atomic mass is 14.4. The van der Waals surface area contributed by atoms with Crippen molar-refractivity contribution in [2.75, 3.05) is 0 Å². The van der Waals surface area contributed by atoms with E-state index >= 15 is 0 Å². The molecule has 0 radical (unpaired) electrons. The summed E-state index contributed by atoms with van der Waals surface area (Å²) in [5, 5.41) is 0. The summed E-state index contributed by atoms with van der Waals surface area (Å²) < 4.78 is 0. The number of rotatable bonds is 2. The van der Waals surface area contributed by atoms with Gasteiger partial charge in [-0.05, 0) is 52.6 Å². The van der Waals surface area contributed by atoms with Gasteiger partial charge in [0.1, 0.15) is 0 Å². The van der Waals surface area contributed by atoms with Crippen LogP contribution < -0.4 is 0 Å². The molecule has 0 bridgehead atoms. The minimum Gasteiger partial charge on any atom is -0.0758 e. The molecule has 0 saturated heterocycles. The fourth-order valence-corrected chi connectivity index (χ4v) is 4.57. The van der Waals surface area contributed by atoms with Crippen molar-refractivity contribution in [1.29, 1.82) is 0 Å². The fraction of sp³-hybridized carbons (Fsp3) is 0.304. The number of hydrogen-bond donors (Lipinski definition) is 0. The molecular weight excluding hydrogens is 276 g/mol. The van der Waals surface area contributed by atoms with Gasteiger partial charge in [-0.2, -0.15) is 0 Å². The molecule has 116 valence electrons. The minimum absolute atomic E-state index is 0.154. The van der Waals surface area contributed by atoms with Gasteiger partial charge in [-0.3, -0.25) is 0 Å². The number of aryl methyl sites for hydroxylation is 2. The van der Waals surface area contributed by atoms with Crippen molar-refractivity contribution in [2.24, 2.45) is 5.41 Å². The monoisotopic (exact) mass is 300 g/mol. The summed E-state index contributed by atoms with van der Waals surface area (Å²) in [4.78, 5) is 0. The van der Waals surface area contributed by atoms with Crippen molar-refractivity contribution in [3.8, 4) is 0 Å². The summed E-state index contributed by atoms with van der Waals surface area (Å²) in [6, 6.07) is 13.3. The van der Waals surface area contributed by atoms with Crippen LogP contribution in [0.15, 0.2) is 48.6 Å². The van der Waals surface area contributed by atoms with Crippen LogP contribution in [0, 0.1) is 19.3 Å². The van der Waals surface area contributed by atoms with Crippen LogP contribution in [0.4, 0.5) is 0 Å². The summed E-state index contributed by atoms with van der Waals surface area (Å²) in [6.07, 6.45) is 9.46. The molecule has 2 atom stereocenters. The Balaban J connectivity index is 1.81. The van der Waals surface area contributed by atoms with Gasteiger partial charge in [0, 0.05) is 11.8 Å². The van der Waals surface area contributed by atoms with Crippen molar-refractivity contribution >= 4 is 12.2 Å². The van der Waals surface area contributed by atoms with Gasteiger partial charge in [-0.15, -0.1) is 0 Å². The number of benzene rings is 2. The second-order valence-corrected chi connectivity index (χ2v) is 7.65. The van der Waals surface area contributed by atoms with Gasteiger partial charge in [0.15, 0.2) is 0 Å². The Kier molecular flexibility index (Phi) is 3.13. The second kappa shape index (κ2) is 4.96. The molecule has 2 aliphatic rings. The van der Waals surface area contributed by atoms with E-state index in [2.05, 4.69) is 88.4 Å². The molecular formula is C23H24. The SMILES string of the molecule is Cc1cccc2c1C(C(C)(C)C1C=Cc3cccc(C)c31)C=C2. The molecule has 0 heterocycles. The topological polar surface area (TPSA) is 0 Å². The number of hydrogen-bond acceptors (Lipinski definition) is 0. The standard InChI is InChI=1S/C23H24/c1-15-7-5-9-17-11-13-19(21(15)17)23(3,4)20-14-12-18-10-6-8-16(2)22(18)20/h5-14,19-20H,1-4H3. The van der Waals surface area contributed by atoms with E-state index in [0.29, 0.717) is 11.8 Å². The Morgan fingerprint density at radius 2 is 1.13 bits per heavy atom. The molecule has 0 nitrogen and oxygen atoms in total. The van der Waals surface area contributed by atoms with Crippen LogP contribution >= 0.6 is 0 Å². The molecule has 0 aliphatic heterocycles. The van der Waals surface area contributed by atoms with E-state index in [1.165, 1.54) is 33.4 Å². The normalized spacial score (nSPS) is 21.6. The molecule has 4 rings (SSSR count). The maximum atomic E-state index is 2.43. The Morgan fingerprint density at radius 3 is 1.57 bits per heavy atom. The maximum absolute atomic E-state index is 2.43. The quantitative estimate of drug-likeness (QED) is 0.615. The van der Waals surface area contributed by atoms with Crippen LogP contribution in [0.2, 0.25) is 0 Å². The highest BCUT2D eigenvalue weighted by Crippen LogP contribution is 2.54. The first-order valence-electron chi connectivity index (χ1n) is 8.55. The Hall–Kier alpha value is -2.08. The third-order valence-electron chi connectivity index (χ3n) is 5.88. The molecule has 2 aliphatic carbocycles. The molecule has 0 amide bonds. The minimum atomic E-state index is 0.154. The molecule has 2 unspecified atom stereocenters. The zero-order chi connectivity index (χ0) is 16.2. The average molecular weight is 300 g/mol. The average Bonchev–Trinajstić information content (AvgIpc) is 3.12. The molecule has 0 heteroatoms. The smallest absolute Gasteiger partial charge is 0.00899 e. The van der Waals surface area contributed by atoms with Crippen LogP contribution in [0.5, 0.6) is 0 Å². The maximum Gasteiger partial charge on any atom is 0.00899 e. The van der Waals surface area contributed by atoms with E-state index < -0.39 is 0 Å². The Morgan fingerprint density at radius 1 is 0.696 bits per heavy atom. The van der Waals surface area contributed by atoms with Crippen LogP contribution in [-0.2, 0) is 0 Å². The lowest BCUT2D eigenvalue weighted by atomic mass is 9.65. The highest BCUT2D eigenvalue weighted by Gasteiger charge is 2.41. The molecule has 0 N–H and O–H groups in total. The summed E-state index contributed by atoms with van der Waals surface area (Å²) in [5.74, 6) is 0.942. The van der Waals surface area contributed by atoms with Gasteiger partial charge >= 0.3 is 0 Å². The van der Waals surface area contributed by atoms with E-state index in [1.54, 1.807) is 0 Å². The van der Waals surface area contributed by atoms with E-state index in [4.69, 9.17) is 0 Å². The van der Waals surface area contributed by atoms with Crippen LogP contribution in [0.25, 0.3) is 12.2 Å². The zero-order valence-electron chi connectivity index (χ0n) is 14.4. The Labute approximate surface area is 139 Å². The van der Waals surface area contributed by atoms with E-state index in [1.807, 2.05) is 0 Å². The van der Waals surface area contributed by atoms with Crippen LogP contribution in [0.3, 0.4) is 0 Å². The first kappa shape index (κ1) is 14.5. The lowest BCUT2D eigenvalue weighted by Gasteiger charge is -2.38. The van der Waals surface area contributed by atoms with Crippen LogP contribution in [-0.4, -0.2) is 0 Å². The third-order valence-corrected chi connectivity index (χ3v) is 5.88. The molecule has 2 aromatic carbocycles.